The molecule has 0 radical (unpaired) electrons. The van der Waals surface area contributed by atoms with Crippen molar-refractivity contribution in [3.8, 4) is 0 Å². The Labute approximate surface area is 201 Å². The Morgan fingerprint density at radius 1 is 0.912 bits per heavy atom. The molecule has 3 aromatic carbocycles. The van der Waals surface area contributed by atoms with E-state index in [0.29, 0.717) is 6.42 Å². The van der Waals surface area contributed by atoms with Crippen molar-refractivity contribution in [1.29, 1.82) is 0 Å². The van der Waals surface area contributed by atoms with E-state index in [9.17, 15) is 9.59 Å². The average molecular weight is 454 g/mol. The molecular formula is C29H31N3O2. The summed E-state index contributed by atoms with van der Waals surface area (Å²) in [5.74, 6) is -0.325. The Morgan fingerprint density at radius 3 is 2.21 bits per heavy atom. The first-order valence-corrected chi connectivity index (χ1v) is 11.7. The lowest BCUT2D eigenvalue weighted by atomic mass is 10.0. The van der Waals surface area contributed by atoms with Crippen LogP contribution in [-0.2, 0) is 29.0 Å². The first-order chi connectivity index (χ1) is 16.5. The topological polar surface area (TPSA) is 54.3 Å². The summed E-state index contributed by atoms with van der Waals surface area (Å²) in [7, 11) is 1.75. The minimum atomic E-state index is -0.673. The van der Waals surface area contributed by atoms with E-state index in [1.807, 2.05) is 78.9 Å². The Morgan fingerprint density at radius 2 is 1.53 bits per heavy atom. The minimum Gasteiger partial charge on any atom is -0.342 e. The van der Waals surface area contributed by atoms with Gasteiger partial charge in [-0.2, -0.15) is 0 Å². The predicted molar refractivity (Wildman–Crippen MR) is 138 cm³/mol. The fourth-order valence-electron chi connectivity index (χ4n) is 4.60. The van der Waals surface area contributed by atoms with Crippen molar-refractivity contribution in [3.63, 3.8) is 0 Å². The third-order valence-electron chi connectivity index (χ3n) is 6.41. The maximum Gasteiger partial charge on any atom is 0.249 e. The van der Waals surface area contributed by atoms with Gasteiger partial charge in [0.15, 0.2) is 0 Å². The molecular weight excluding hydrogens is 422 g/mol. The number of amides is 2. The highest BCUT2D eigenvalue weighted by Gasteiger charge is 2.26. The quantitative estimate of drug-likeness (QED) is 0.412. The Bertz CT molecular complexity index is 1280. The Balaban J connectivity index is 1.59. The van der Waals surface area contributed by atoms with Crippen molar-refractivity contribution >= 4 is 28.4 Å². The summed E-state index contributed by atoms with van der Waals surface area (Å²) < 4.78 is 2.05. The zero-order chi connectivity index (χ0) is 24.1. The number of anilines is 1. The number of hydrogen-bond donors (Lipinski definition) is 1. The molecule has 34 heavy (non-hydrogen) atoms. The largest absolute Gasteiger partial charge is 0.342 e. The van der Waals surface area contributed by atoms with Gasteiger partial charge >= 0.3 is 0 Å². The third-order valence-corrected chi connectivity index (χ3v) is 6.41. The van der Waals surface area contributed by atoms with Crippen LogP contribution in [0.5, 0.6) is 0 Å². The predicted octanol–water partition coefficient (Wildman–Crippen LogP) is 4.90. The number of benzene rings is 3. The Kier molecular flexibility index (Phi) is 7.12. The van der Waals surface area contributed by atoms with Crippen LogP contribution in [0.25, 0.3) is 10.9 Å². The number of aryl methyl sites for hydroxylation is 1. The van der Waals surface area contributed by atoms with Crippen LogP contribution in [0, 0.1) is 6.92 Å². The van der Waals surface area contributed by atoms with Gasteiger partial charge in [-0.3, -0.25) is 9.59 Å². The highest BCUT2D eigenvalue weighted by Crippen LogP contribution is 2.26. The van der Waals surface area contributed by atoms with Crippen LogP contribution >= 0.6 is 0 Å². The van der Waals surface area contributed by atoms with Crippen LogP contribution < -0.4 is 10.2 Å². The van der Waals surface area contributed by atoms with Gasteiger partial charge in [0.25, 0.3) is 0 Å². The molecule has 4 rings (SSSR count). The molecule has 1 heterocycles. The molecule has 0 fully saturated rings. The van der Waals surface area contributed by atoms with Crippen molar-refractivity contribution in [1.82, 2.24) is 9.88 Å². The fraction of sp³-hybridized carbons (Fsp3) is 0.241. The summed E-state index contributed by atoms with van der Waals surface area (Å²) in [5.41, 5.74) is 5.17. The van der Waals surface area contributed by atoms with Crippen LogP contribution in [-0.4, -0.2) is 29.5 Å². The first-order valence-electron chi connectivity index (χ1n) is 11.7. The standard InChI is InChI=1S/C29H31N3O2/c1-4-24-21(2)32(27-18-12-11-17-25(24)27)20-28(33)30-26(19-22-13-7-5-8-14-22)29(34)31(3)23-15-9-6-10-16-23/h5-18,26H,4,19-20H2,1-3H3,(H,30,33). The van der Waals surface area contributed by atoms with E-state index in [1.54, 1.807) is 11.9 Å². The number of aromatic nitrogens is 1. The van der Waals surface area contributed by atoms with Gasteiger partial charge < -0.3 is 14.8 Å². The van der Waals surface area contributed by atoms with Crippen molar-refractivity contribution in [2.45, 2.75) is 39.3 Å². The van der Waals surface area contributed by atoms with E-state index in [0.717, 1.165) is 28.9 Å². The highest BCUT2D eigenvalue weighted by molar-refractivity contribution is 5.99. The summed E-state index contributed by atoms with van der Waals surface area (Å²) >= 11 is 0. The second-order valence-corrected chi connectivity index (χ2v) is 8.56. The lowest BCUT2D eigenvalue weighted by molar-refractivity contribution is -0.127. The number of hydrogen-bond acceptors (Lipinski definition) is 2. The van der Waals surface area contributed by atoms with Crippen molar-refractivity contribution in [2.75, 3.05) is 11.9 Å². The SMILES string of the molecule is CCc1c(C)n(CC(=O)NC(Cc2ccccc2)C(=O)N(C)c2ccccc2)c2ccccc12. The number of nitrogens with one attached hydrogen (secondary N) is 1. The monoisotopic (exact) mass is 453 g/mol. The molecule has 5 nitrogen and oxygen atoms in total. The van der Waals surface area contributed by atoms with Crippen LogP contribution in [0.1, 0.15) is 23.7 Å². The Hall–Kier alpha value is -3.86. The van der Waals surface area contributed by atoms with Gasteiger partial charge in [0.05, 0.1) is 0 Å². The summed E-state index contributed by atoms with van der Waals surface area (Å²) in [5, 5.41) is 4.21. The van der Waals surface area contributed by atoms with Crippen LogP contribution in [0.4, 0.5) is 5.69 Å². The number of fused-ring (bicyclic) bond motifs is 1. The van der Waals surface area contributed by atoms with Gasteiger partial charge in [-0.1, -0.05) is 73.7 Å². The molecule has 0 spiro atoms. The van der Waals surface area contributed by atoms with Gasteiger partial charge in [-0.25, -0.2) is 0 Å². The number of nitrogens with zero attached hydrogens (tertiary/aromatic N) is 2. The van der Waals surface area contributed by atoms with Crippen LogP contribution in [0.2, 0.25) is 0 Å². The molecule has 1 N–H and O–H groups in total. The van der Waals surface area contributed by atoms with Crippen molar-refractivity contribution in [2.24, 2.45) is 0 Å². The maximum atomic E-state index is 13.5. The normalized spacial score (nSPS) is 11.9. The van der Waals surface area contributed by atoms with Gasteiger partial charge in [0.2, 0.25) is 11.8 Å². The first kappa shape index (κ1) is 23.3. The van der Waals surface area contributed by atoms with Gasteiger partial charge in [-0.15, -0.1) is 0 Å². The molecule has 1 atom stereocenters. The smallest absolute Gasteiger partial charge is 0.249 e. The molecule has 174 valence electrons. The number of para-hydroxylation sites is 2. The molecule has 0 bridgehead atoms. The van der Waals surface area contributed by atoms with Crippen molar-refractivity contribution < 1.29 is 9.59 Å². The second-order valence-electron chi connectivity index (χ2n) is 8.56. The van der Waals surface area contributed by atoms with E-state index in [1.165, 1.54) is 10.9 Å². The van der Waals surface area contributed by atoms with Crippen molar-refractivity contribution in [3.05, 3.63) is 102 Å². The molecule has 0 aliphatic carbocycles. The summed E-state index contributed by atoms with van der Waals surface area (Å²) in [6, 6.07) is 26.8. The fourth-order valence-corrected chi connectivity index (χ4v) is 4.60. The zero-order valence-electron chi connectivity index (χ0n) is 20.0. The van der Waals surface area contributed by atoms with Gasteiger partial charge in [0, 0.05) is 35.8 Å². The van der Waals surface area contributed by atoms with E-state index in [2.05, 4.69) is 29.8 Å². The molecule has 1 aromatic heterocycles. The minimum absolute atomic E-state index is 0.147. The van der Waals surface area contributed by atoms with Gasteiger partial charge in [0.1, 0.15) is 12.6 Å². The summed E-state index contributed by atoms with van der Waals surface area (Å²) in [6.07, 6.45) is 1.33. The average Bonchev–Trinajstić information content (AvgIpc) is 3.14. The zero-order valence-corrected chi connectivity index (χ0v) is 20.0. The van der Waals surface area contributed by atoms with Gasteiger partial charge in [-0.05, 0) is 42.7 Å². The van der Waals surface area contributed by atoms with E-state index >= 15 is 0 Å². The molecule has 5 heteroatoms. The van der Waals surface area contributed by atoms with E-state index < -0.39 is 6.04 Å². The molecule has 0 saturated carbocycles. The second kappa shape index (κ2) is 10.4. The lowest BCUT2D eigenvalue weighted by Crippen LogP contribution is -2.49. The molecule has 0 saturated heterocycles. The van der Waals surface area contributed by atoms with Crippen LogP contribution in [0.15, 0.2) is 84.9 Å². The summed E-state index contributed by atoms with van der Waals surface area (Å²) in [4.78, 5) is 28.3. The molecule has 1 unspecified atom stereocenters. The summed E-state index contributed by atoms with van der Waals surface area (Å²) in [6.45, 7) is 4.36. The molecule has 2 amide bonds. The third kappa shape index (κ3) is 4.88. The van der Waals surface area contributed by atoms with E-state index in [4.69, 9.17) is 0 Å². The molecule has 0 aliphatic heterocycles. The number of rotatable bonds is 8. The number of carbonyl (C=O) groups is 2. The van der Waals surface area contributed by atoms with Crippen LogP contribution in [0.3, 0.4) is 0 Å². The van der Waals surface area contributed by atoms with E-state index in [-0.39, 0.29) is 18.4 Å². The molecule has 4 aromatic rings. The lowest BCUT2D eigenvalue weighted by Gasteiger charge is -2.25. The number of likely N-dealkylation sites (N-methyl/N-ethyl adjacent to an activating group) is 1. The number of carbonyl (C=O) groups excluding carboxylic acids is 2. The maximum absolute atomic E-state index is 13.5. The molecule has 0 aliphatic rings. The highest BCUT2D eigenvalue weighted by atomic mass is 16.2.